The van der Waals surface area contributed by atoms with Crippen LogP contribution >= 0.6 is 11.6 Å². The predicted octanol–water partition coefficient (Wildman–Crippen LogP) is 3.07. The van der Waals surface area contributed by atoms with E-state index in [0.717, 1.165) is 11.2 Å². The molecule has 0 saturated carbocycles. The molecule has 3 heterocycles. The topological polar surface area (TPSA) is 63.7 Å². The van der Waals surface area contributed by atoms with E-state index < -0.39 is 0 Å². The lowest BCUT2D eigenvalue weighted by atomic mass is 10.3. The first-order valence-corrected chi connectivity index (χ1v) is 6.25. The van der Waals surface area contributed by atoms with Crippen molar-refractivity contribution in [2.75, 3.05) is 6.61 Å². The number of rotatable bonds is 3. The van der Waals surface area contributed by atoms with Crippen LogP contribution in [0.15, 0.2) is 30.5 Å². The molecule has 0 aliphatic heterocycles. The van der Waals surface area contributed by atoms with Crippen molar-refractivity contribution < 1.29 is 4.74 Å². The lowest BCUT2D eigenvalue weighted by molar-refractivity contribution is 0.328. The smallest absolute Gasteiger partial charge is 0.215 e. The first-order chi connectivity index (χ1) is 9.26. The van der Waals surface area contributed by atoms with E-state index in [2.05, 4.69) is 19.9 Å². The van der Waals surface area contributed by atoms with Gasteiger partial charge in [0.15, 0.2) is 11.5 Å². The van der Waals surface area contributed by atoms with Crippen molar-refractivity contribution >= 4 is 22.8 Å². The minimum Gasteiger partial charge on any atom is -0.478 e. The van der Waals surface area contributed by atoms with Crippen LogP contribution in [0.1, 0.15) is 6.92 Å². The number of fused-ring (bicyclic) bond motifs is 1. The van der Waals surface area contributed by atoms with Crippen molar-refractivity contribution in [1.82, 2.24) is 19.9 Å². The van der Waals surface area contributed by atoms with Crippen LogP contribution in [0.2, 0.25) is 5.02 Å². The molecule has 0 unspecified atom stereocenters. The number of hydrogen-bond donors (Lipinski definition) is 1. The van der Waals surface area contributed by atoms with Gasteiger partial charge in [-0.1, -0.05) is 11.6 Å². The second-order valence-corrected chi connectivity index (χ2v) is 4.34. The van der Waals surface area contributed by atoms with Crippen molar-refractivity contribution in [3.63, 3.8) is 0 Å². The Balaban J connectivity index is 2.03. The molecule has 96 valence electrons. The summed E-state index contributed by atoms with van der Waals surface area (Å²) in [5.74, 6) is 1.23. The number of hydrogen-bond acceptors (Lipinski definition) is 4. The third-order valence-corrected chi connectivity index (χ3v) is 2.81. The van der Waals surface area contributed by atoms with Gasteiger partial charge in [0.05, 0.1) is 17.1 Å². The minimum atomic E-state index is 0.567. The molecule has 19 heavy (non-hydrogen) atoms. The fraction of sp³-hybridized carbons (Fsp3) is 0.154. The molecule has 3 aromatic rings. The van der Waals surface area contributed by atoms with Crippen LogP contribution < -0.4 is 4.74 Å². The predicted molar refractivity (Wildman–Crippen MR) is 73.3 cm³/mol. The Morgan fingerprint density at radius 2 is 2.11 bits per heavy atom. The van der Waals surface area contributed by atoms with E-state index in [1.807, 2.05) is 25.1 Å². The largest absolute Gasteiger partial charge is 0.478 e. The number of H-pyrrole nitrogens is 1. The fourth-order valence-corrected chi connectivity index (χ4v) is 1.85. The van der Waals surface area contributed by atoms with Crippen LogP contribution in [0, 0.1) is 0 Å². The fourth-order valence-electron chi connectivity index (χ4n) is 1.74. The average Bonchev–Trinajstić information content (AvgIpc) is 2.83. The zero-order chi connectivity index (χ0) is 13.2. The molecule has 0 radical (unpaired) electrons. The number of imidazole rings is 1. The summed E-state index contributed by atoms with van der Waals surface area (Å²) < 4.78 is 5.35. The summed E-state index contributed by atoms with van der Waals surface area (Å²) in [4.78, 5) is 16.1. The summed E-state index contributed by atoms with van der Waals surface area (Å²) in [6.45, 7) is 2.49. The van der Waals surface area contributed by atoms with Gasteiger partial charge in [-0.2, -0.15) is 4.98 Å². The second-order valence-electron chi connectivity index (χ2n) is 3.90. The number of pyridine rings is 2. The molecule has 5 nitrogen and oxygen atoms in total. The SMILES string of the molecule is CCOc1ccc2[nH]c(-c3ccc(Cl)cn3)nc2n1. The zero-order valence-electron chi connectivity index (χ0n) is 10.2. The molecule has 0 spiro atoms. The van der Waals surface area contributed by atoms with Gasteiger partial charge < -0.3 is 9.72 Å². The molecule has 6 heteroatoms. The van der Waals surface area contributed by atoms with Gasteiger partial charge in [-0.25, -0.2) is 4.98 Å². The molecule has 0 atom stereocenters. The van der Waals surface area contributed by atoms with E-state index in [9.17, 15) is 0 Å². The Hall–Kier alpha value is -2.14. The Morgan fingerprint density at radius 1 is 1.21 bits per heavy atom. The molecule has 0 aliphatic carbocycles. The Kier molecular flexibility index (Phi) is 3.05. The highest BCUT2D eigenvalue weighted by Crippen LogP contribution is 2.20. The average molecular weight is 275 g/mol. The van der Waals surface area contributed by atoms with E-state index in [4.69, 9.17) is 16.3 Å². The van der Waals surface area contributed by atoms with Gasteiger partial charge in [-0.05, 0) is 25.1 Å². The van der Waals surface area contributed by atoms with E-state index in [1.54, 1.807) is 12.3 Å². The third kappa shape index (κ3) is 2.37. The van der Waals surface area contributed by atoms with Crippen molar-refractivity contribution in [1.29, 1.82) is 0 Å². The summed E-state index contributed by atoms with van der Waals surface area (Å²) in [6.07, 6.45) is 1.59. The van der Waals surface area contributed by atoms with Gasteiger partial charge >= 0.3 is 0 Å². The molecular weight excluding hydrogens is 264 g/mol. The zero-order valence-corrected chi connectivity index (χ0v) is 11.0. The van der Waals surface area contributed by atoms with Crippen molar-refractivity contribution in [2.24, 2.45) is 0 Å². The van der Waals surface area contributed by atoms with Gasteiger partial charge in [0, 0.05) is 12.3 Å². The van der Waals surface area contributed by atoms with Crippen LogP contribution in [-0.4, -0.2) is 26.5 Å². The molecule has 3 aromatic heterocycles. The standard InChI is InChI=1S/C13H11ClN4O/c1-2-19-11-6-5-10-13(17-11)18-12(16-10)9-4-3-8(14)7-15-9/h3-7H,2H2,1H3,(H,16,17,18). The molecule has 0 bridgehead atoms. The summed E-state index contributed by atoms with van der Waals surface area (Å²) in [5, 5.41) is 0.594. The number of nitrogens with one attached hydrogen (secondary N) is 1. The van der Waals surface area contributed by atoms with E-state index in [0.29, 0.717) is 29.0 Å². The first-order valence-electron chi connectivity index (χ1n) is 5.88. The molecule has 0 aliphatic rings. The molecular formula is C13H11ClN4O. The lowest BCUT2D eigenvalue weighted by Gasteiger charge is -1.99. The van der Waals surface area contributed by atoms with Gasteiger partial charge in [0.2, 0.25) is 5.88 Å². The second kappa shape index (κ2) is 4.85. The number of nitrogens with zero attached hydrogens (tertiary/aromatic N) is 3. The summed E-state index contributed by atoms with van der Waals surface area (Å²) in [5.41, 5.74) is 2.17. The van der Waals surface area contributed by atoms with E-state index in [1.165, 1.54) is 0 Å². The monoisotopic (exact) mass is 274 g/mol. The molecule has 3 rings (SSSR count). The summed E-state index contributed by atoms with van der Waals surface area (Å²) in [7, 11) is 0. The molecule has 0 amide bonds. The quantitative estimate of drug-likeness (QED) is 0.797. The molecule has 0 aromatic carbocycles. The Bertz CT molecular complexity index is 708. The van der Waals surface area contributed by atoms with Crippen LogP contribution in [0.4, 0.5) is 0 Å². The highest BCUT2D eigenvalue weighted by Gasteiger charge is 2.08. The van der Waals surface area contributed by atoms with Gasteiger partial charge in [-0.15, -0.1) is 0 Å². The maximum absolute atomic E-state index is 5.81. The molecule has 0 saturated heterocycles. The number of aromatic amines is 1. The van der Waals surface area contributed by atoms with Gasteiger partial charge in [0.25, 0.3) is 0 Å². The molecule has 0 fully saturated rings. The highest BCUT2D eigenvalue weighted by atomic mass is 35.5. The highest BCUT2D eigenvalue weighted by molar-refractivity contribution is 6.30. The maximum Gasteiger partial charge on any atom is 0.215 e. The van der Waals surface area contributed by atoms with Gasteiger partial charge in [0.1, 0.15) is 5.69 Å². The normalized spacial score (nSPS) is 10.8. The summed E-state index contributed by atoms with van der Waals surface area (Å²) >= 11 is 5.81. The van der Waals surface area contributed by atoms with Crippen molar-refractivity contribution in [3.8, 4) is 17.4 Å². The van der Waals surface area contributed by atoms with Crippen LogP contribution in [0.5, 0.6) is 5.88 Å². The Morgan fingerprint density at radius 3 is 2.84 bits per heavy atom. The van der Waals surface area contributed by atoms with E-state index in [-0.39, 0.29) is 0 Å². The van der Waals surface area contributed by atoms with Gasteiger partial charge in [-0.3, -0.25) is 4.98 Å². The minimum absolute atomic E-state index is 0.567. The lowest BCUT2D eigenvalue weighted by Crippen LogP contribution is -1.93. The first kappa shape index (κ1) is 11.9. The third-order valence-electron chi connectivity index (χ3n) is 2.58. The van der Waals surface area contributed by atoms with Crippen LogP contribution in [-0.2, 0) is 0 Å². The summed E-state index contributed by atoms with van der Waals surface area (Å²) in [6, 6.07) is 7.28. The van der Waals surface area contributed by atoms with Crippen molar-refractivity contribution in [3.05, 3.63) is 35.5 Å². The van der Waals surface area contributed by atoms with E-state index >= 15 is 0 Å². The van der Waals surface area contributed by atoms with Crippen LogP contribution in [0.25, 0.3) is 22.7 Å². The number of ether oxygens (including phenoxy) is 1. The van der Waals surface area contributed by atoms with Crippen molar-refractivity contribution in [2.45, 2.75) is 6.92 Å². The number of halogens is 1. The van der Waals surface area contributed by atoms with Crippen LogP contribution in [0.3, 0.4) is 0 Å². The Labute approximate surface area is 114 Å². The maximum atomic E-state index is 5.81. The number of aromatic nitrogens is 4. The molecule has 1 N–H and O–H groups in total.